The van der Waals surface area contributed by atoms with Gasteiger partial charge in [0, 0.05) is 30.8 Å². The van der Waals surface area contributed by atoms with Crippen molar-refractivity contribution in [3.05, 3.63) is 41.6 Å². The second-order valence-corrected chi connectivity index (χ2v) is 5.10. The molecule has 1 N–H and O–H groups in total. The Morgan fingerprint density at radius 1 is 1.33 bits per heavy atom. The number of rotatable bonds is 5. The molecule has 0 aliphatic heterocycles. The van der Waals surface area contributed by atoms with Gasteiger partial charge in [0.25, 0.3) is 0 Å². The van der Waals surface area contributed by atoms with E-state index in [-0.39, 0.29) is 5.54 Å². The Kier molecular flexibility index (Phi) is 3.57. The van der Waals surface area contributed by atoms with Gasteiger partial charge in [0.05, 0.1) is 12.7 Å². The molecule has 18 heavy (non-hydrogen) atoms. The molecule has 2 heterocycles. The van der Waals surface area contributed by atoms with Crippen LogP contribution in [0.2, 0.25) is 0 Å². The van der Waals surface area contributed by atoms with Gasteiger partial charge in [-0.25, -0.2) is 0 Å². The topological polar surface area (TPSA) is 43.0 Å². The molecule has 0 aliphatic rings. The molecule has 2 aromatic heterocycles. The van der Waals surface area contributed by atoms with Gasteiger partial charge in [-0.2, -0.15) is 5.10 Å². The van der Waals surface area contributed by atoms with Crippen molar-refractivity contribution in [2.75, 3.05) is 0 Å². The van der Waals surface area contributed by atoms with Gasteiger partial charge < -0.3 is 9.73 Å². The van der Waals surface area contributed by atoms with Crippen LogP contribution in [0.1, 0.15) is 37.9 Å². The van der Waals surface area contributed by atoms with Crippen molar-refractivity contribution in [1.29, 1.82) is 0 Å². The zero-order valence-corrected chi connectivity index (χ0v) is 11.5. The van der Waals surface area contributed by atoms with E-state index in [0.29, 0.717) is 0 Å². The van der Waals surface area contributed by atoms with Crippen molar-refractivity contribution in [3.63, 3.8) is 0 Å². The van der Waals surface area contributed by atoms with Crippen LogP contribution in [-0.4, -0.2) is 9.78 Å². The van der Waals surface area contributed by atoms with E-state index in [9.17, 15) is 0 Å². The highest BCUT2D eigenvalue weighted by Gasteiger charge is 2.21. The van der Waals surface area contributed by atoms with E-state index in [1.54, 1.807) is 0 Å². The predicted octanol–water partition coefficient (Wildman–Crippen LogP) is 2.60. The summed E-state index contributed by atoms with van der Waals surface area (Å²) in [5.74, 6) is 2.01. The molecule has 0 bridgehead atoms. The zero-order valence-electron chi connectivity index (χ0n) is 11.5. The van der Waals surface area contributed by atoms with Gasteiger partial charge in [0.2, 0.25) is 0 Å². The largest absolute Gasteiger partial charge is 0.465 e. The van der Waals surface area contributed by atoms with Gasteiger partial charge in [-0.3, -0.25) is 4.68 Å². The minimum absolute atomic E-state index is 0.118. The van der Waals surface area contributed by atoms with E-state index in [1.807, 2.05) is 36.3 Å². The van der Waals surface area contributed by atoms with Crippen LogP contribution in [0.3, 0.4) is 0 Å². The average Bonchev–Trinajstić information content (AvgIpc) is 2.95. The lowest BCUT2D eigenvalue weighted by Crippen LogP contribution is -2.35. The van der Waals surface area contributed by atoms with E-state index in [0.717, 1.165) is 24.5 Å². The Balaban J connectivity index is 2.00. The summed E-state index contributed by atoms with van der Waals surface area (Å²) in [6.07, 6.45) is 4.87. The zero-order chi connectivity index (χ0) is 13.2. The standard InChI is InChI=1S/C14H21N3O/c1-5-12-6-7-13(18-12)9-15-14(2,3)11-8-16-17(4)10-11/h6-8,10,15H,5,9H2,1-4H3. The molecular formula is C14H21N3O. The van der Waals surface area contributed by atoms with Crippen molar-refractivity contribution in [2.45, 2.75) is 39.3 Å². The van der Waals surface area contributed by atoms with Crippen LogP contribution in [-0.2, 0) is 25.6 Å². The molecule has 4 nitrogen and oxygen atoms in total. The van der Waals surface area contributed by atoms with Gasteiger partial charge in [-0.05, 0) is 26.0 Å². The fourth-order valence-corrected chi connectivity index (χ4v) is 1.86. The van der Waals surface area contributed by atoms with E-state index in [4.69, 9.17) is 4.42 Å². The lowest BCUT2D eigenvalue weighted by Gasteiger charge is -2.24. The maximum absolute atomic E-state index is 5.69. The average molecular weight is 247 g/mol. The van der Waals surface area contributed by atoms with Gasteiger partial charge in [0.1, 0.15) is 11.5 Å². The number of nitrogens with one attached hydrogen (secondary N) is 1. The van der Waals surface area contributed by atoms with Gasteiger partial charge >= 0.3 is 0 Å². The molecule has 0 amide bonds. The summed E-state index contributed by atoms with van der Waals surface area (Å²) in [7, 11) is 1.93. The molecule has 0 fully saturated rings. The Morgan fingerprint density at radius 2 is 2.06 bits per heavy atom. The number of aromatic nitrogens is 2. The van der Waals surface area contributed by atoms with Gasteiger partial charge in [-0.1, -0.05) is 6.92 Å². The molecule has 0 radical (unpaired) electrons. The third kappa shape index (κ3) is 2.82. The first-order valence-corrected chi connectivity index (χ1v) is 6.33. The first kappa shape index (κ1) is 12.9. The van der Waals surface area contributed by atoms with Crippen molar-refractivity contribution < 1.29 is 4.42 Å². The first-order chi connectivity index (χ1) is 8.51. The van der Waals surface area contributed by atoms with Crippen LogP contribution in [0, 0.1) is 0 Å². The van der Waals surface area contributed by atoms with E-state index in [2.05, 4.69) is 31.2 Å². The minimum atomic E-state index is -0.118. The fourth-order valence-electron chi connectivity index (χ4n) is 1.86. The summed E-state index contributed by atoms with van der Waals surface area (Å²) in [6, 6.07) is 4.07. The summed E-state index contributed by atoms with van der Waals surface area (Å²) in [6.45, 7) is 7.11. The summed E-state index contributed by atoms with van der Waals surface area (Å²) < 4.78 is 7.51. The number of nitrogens with zero attached hydrogens (tertiary/aromatic N) is 2. The summed E-state index contributed by atoms with van der Waals surface area (Å²) >= 11 is 0. The van der Waals surface area contributed by atoms with E-state index < -0.39 is 0 Å². The molecule has 0 aliphatic carbocycles. The first-order valence-electron chi connectivity index (χ1n) is 6.33. The van der Waals surface area contributed by atoms with E-state index in [1.165, 1.54) is 5.56 Å². The number of hydrogen-bond donors (Lipinski definition) is 1. The maximum Gasteiger partial charge on any atom is 0.117 e. The van der Waals surface area contributed by atoms with Crippen LogP contribution in [0.5, 0.6) is 0 Å². The highest BCUT2D eigenvalue weighted by molar-refractivity contribution is 5.16. The second kappa shape index (κ2) is 4.98. The Labute approximate surface area is 108 Å². The van der Waals surface area contributed by atoms with Crippen molar-refractivity contribution >= 4 is 0 Å². The SMILES string of the molecule is CCc1ccc(CNC(C)(C)c2cnn(C)c2)o1. The normalized spacial score (nSPS) is 12.0. The smallest absolute Gasteiger partial charge is 0.117 e. The van der Waals surface area contributed by atoms with Crippen LogP contribution in [0.15, 0.2) is 28.9 Å². The molecule has 0 saturated carbocycles. The molecular weight excluding hydrogens is 226 g/mol. The van der Waals surface area contributed by atoms with Crippen LogP contribution in [0.4, 0.5) is 0 Å². The number of aryl methyl sites for hydroxylation is 2. The predicted molar refractivity (Wildman–Crippen MR) is 71.2 cm³/mol. The molecule has 0 aromatic carbocycles. The van der Waals surface area contributed by atoms with Crippen molar-refractivity contribution in [1.82, 2.24) is 15.1 Å². The van der Waals surface area contributed by atoms with Gasteiger partial charge in [-0.15, -0.1) is 0 Å². The number of hydrogen-bond acceptors (Lipinski definition) is 3. The molecule has 98 valence electrons. The summed E-state index contributed by atoms with van der Waals surface area (Å²) in [5.41, 5.74) is 1.06. The lowest BCUT2D eigenvalue weighted by molar-refractivity contribution is 0.364. The fraction of sp³-hybridized carbons (Fsp3) is 0.500. The molecule has 0 unspecified atom stereocenters. The highest BCUT2D eigenvalue weighted by atomic mass is 16.3. The molecule has 0 saturated heterocycles. The third-order valence-electron chi connectivity index (χ3n) is 3.20. The van der Waals surface area contributed by atoms with Crippen LogP contribution >= 0.6 is 0 Å². The monoisotopic (exact) mass is 247 g/mol. The van der Waals surface area contributed by atoms with E-state index >= 15 is 0 Å². The molecule has 0 atom stereocenters. The Morgan fingerprint density at radius 3 is 2.61 bits per heavy atom. The molecule has 4 heteroatoms. The Hall–Kier alpha value is -1.55. The Bertz CT molecular complexity index is 511. The van der Waals surface area contributed by atoms with Crippen LogP contribution in [0.25, 0.3) is 0 Å². The number of furan rings is 1. The summed E-state index contributed by atoms with van der Waals surface area (Å²) in [4.78, 5) is 0. The third-order valence-corrected chi connectivity index (χ3v) is 3.20. The lowest BCUT2D eigenvalue weighted by atomic mass is 9.98. The summed E-state index contributed by atoms with van der Waals surface area (Å²) in [5, 5.41) is 7.70. The van der Waals surface area contributed by atoms with Gasteiger partial charge in [0.15, 0.2) is 0 Å². The molecule has 2 aromatic rings. The minimum Gasteiger partial charge on any atom is -0.465 e. The maximum atomic E-state index is 5.69. The second-order valence-electron chi connectivity index (χ2n) is 5.10. The highest BCUT2D eigenvalue weighted by Crippen LogP contribution is 2.20. The van der Waals surface area contributed by atoms with Crippen LogP contribution < -0.4 is 5.32 Å². The molecule has 0 spiro atoms. The van der Waals surface area contributed by atoms with Crippen molar-refractivity contribution in [2.24, 2.45) is 7.05 Å². The molecule has 2 rings (SSSR count). The quantitative estimate of drug-likeness (QED) is 0.883. The van der Waals surface area contributed by atoms with Crippen molar-refractivity contribution in [3.8, 4) is 0 Å².